The smallest absolute Gasteiger partial charge is 0.0439 e. The molecule has 2 rings (SSSR count). The van der Waals surface area contributed by atoms with Crippen molar-refractivity contribution in [2.24, 2.45) is 11.3 Å². The first-order valence-corrected chi connectivity index (χ1v) is 5.53. The molecule has 13 heavy (non-hydrogen) atoms. The molecule has 0 heterocycles. The lowest BCUT2D eigenvalue weighted by Crippen LogP contribution is -2.27. The fourth-order valence-electron chi connectivity index (χ4n) is 3.14. The van der Waals surface area contributed by atoms with Gasteiger partial charge in [0.25, 0.3) is 0 Å². The van der Waals surface area contributed by atoms with Crippen molar-refractivity contribution in [1.29, 1.82) is 0 Å². The van der Waals surface area contributed by atoms with Gasteiger partial charge >= 0.3 is 0 Å². The maximum Gasteiger partial charge on any atom is 0.0439 e. The molecule has 0 saturated heterocycles. The molecule has 0 radical (unpaired) electrons. The quantitative estimate of drug-likeness (QED) is 0.648. The van der Waals surface area contributed by atoms with E-state index in [0.717, 1.165) is 12.3 Å². The Morgan fingerprint density at radius 3 is 3.15 bits per heavy atom. The van der Waals surface area contributed by atoms with Crippen molar-refractivity contribution in [2.75, 3.05) is 6.61 Å². The molecule has 1 saturated carbocycles. The predicted molar refractivity (Wildman–Crippen MR) is 54.5 cm³/mol. The van der Waals surface area contributed by atoms with Gasteiger partial charge in [0.1, 0.15) is 0 Å². The first-order chi connectivity index (χ1) is 6.22. The van der Waals surface area contributed by atoms with Crippen LogP contribution in [0.1, 0.15) is 45.4 Å². The van der Waals surface area contributed by atoms with Crippen LogP contribution in [0, 0.1) is 11.3 Å². The SMILES string of the molecule is CC1(CCO)C=C2CCCC(C2)C1. The molecule has 2 bridgehead atoms. The number of rotatable bonds is 2. The molecule has 2 atom stereocenters. The van der Waals surface area contributed by atoms with Gasteiger partial charge in [-0.25, -0.2) is 0 Å². The summed E-state index contributed by atoms with van der Waals surface area (Å²) in [4.78, 5) is 0. The van der Waals surface area contributed by atoms with Crippen molar-refractivity contribution in [1.82, 2.24) is 0 Å². The van der Waals surface area contributed by atoms with Gasteiger partial charge in [0.05, 0.1) is 0 Å². The third kappa shape index (κ3) is 1.96. The molecule has 1 heteroatoms. The van der Waals surface area contributed by atoms with Crippen LogP contribution in [-0.2, 0) is 0 Å². The van der Waals surface area contributed by atoms with Gasteiger partial charge in [-0.1, -0.05) is 18.6 Å². The van der Waals surface area contributed by atoms with Crippen molar-refractivity contribution in [3.8, 4) is 0 Å². The Hall–Kier alpha value is -0.300. The van der Waals surface area contributed by atoms with E-state index in [4.69, 9.17) is 5.11 Å². The maximum absolute atomic E-state index is 9.02. The first kappa shape index (κ1) is 9.26. The second-order valence-corrected chi connectivity index (χ2v) is 5.10. The van der Waals surface area contributed by atoms with Crippen LogP contribution in [0.3, 0.4) is 0 Å². The molecule has 0 amide bonds. The minimum Gasteiger partial charge on any atom is -0.396 e. The van der Waals surface area contributed by atoms with E-state index in [1.165, 1.54) is 32.1 Å². The van der Waals surface area contributed by atoms with Gasteiger partial charge in [-0.3, -0.25) is 0 Å². The number of hydrogen-bond acceptors (Lipinski definition) is 1. The highest BCUT2D eigenvalue weighted by Gasteiger charge is 2.32. The Bertz CT molecular complexity index is 219. The average Bonchev–Trinajstić information content (AvgIpc) is 2.02. The molecule has 74 valence electrons. The van der Waals surface area contributed by atoms with Crippen molar-refractivity contribution in [3.63, 3.8) is 0 Å². The first-order valence-electron chi connectivity index (χ1n) is 5.53. The summed E-state index contributed by atoms with van der Waals surface area (Å²) in [6.45, 7) is 2.65. The third-order valence-electron chi connectivity index (χ3n) is 3.65. The van der Waals surface area contributed by atoms with Crippen LogP contribution in [-0.4, -0.2) is 11.7 Å². The monoisotopic (exact) mass is 180 g/mol. The van der Waals surface area contributed by atoms with E-state index in [2.05, 4.69) is 13.0 Å². The molecular formula is C12H20O. The molecule has 1 N–H and O–H groups in total. The highest BCUT2D eigenvalue weighted by atomic mass is 16.3. The van der Waals surface area contributed by atoms with Gasteiger partial charge in [-0.2, -0.15) is 0 Å². The average molecular weight is 180 g/mol. The number of allylic oxidation sites excluding steroid dienone is 2. The number of hydrogen-bond donors (Lipinski definition) is 1. The molecule has 0 aromatic heterocycles. The van der Waals surface area contributed by atoms with E-state index in [-0.39, 0.29) is 0 Å². The van der Waals surface area contributed by atoms with E-state index in [1.54, 1.807) is 5.57 Å². The van der Waals surface area contributed by atoms with Crippen molar-refractivity contribution in [2.45, 2.75) is 45.4 Å². The summed E-state index contributed by atoms with van der Waals surface area (Å²) in [6.07, 6.45) is 10.2. The highest BCUT2D eigenvalue weighted by molar-refractivity contribution is 5.16. The zero-order chi connectivity index (χ0) is 9.31. The predicted octanol–water partition coefficient (Wildman–Crippen LogP) is 2.90. The second-order valence-electron chi connectivity index (χ2n) is 5.10. The van der Waals surface area contributed by atoms with Crippen LogP contribution in [0.5, 0.6) is 0 Å². The fraction of sp³-hybridized carbons (Fsp3) is 0.833. The summed E-state index contributed by atoms with van der Waals surface area (Å²) in [5.74, 6) is 0.922. The van der Waals surface area contributed by atoms with E-state index < -0.39 is 0 Å². The molecule has 2 aliphatic rings. The van der Waals surface area contributed by atoms with E-state index in [0.29, 0.717) is 12.0 Å². The van der Waals surface area contributed by atoms with Crippen molar-refractivity contribution in [3.05, 3.63) is 11.6 Å². The molecule has 0 aromatic rings. The summed E-state index contributed by atoms with van der Waals surface area (Å²) in [7, 11) is 0. The molecule has 2 unspecified atom stereocenters. The molecule has 2 aliphatic carbocycles. The molecule has 0 aromatic carbocycles. The molecule has 1 fully saturated rings. The standard InChI is InChI=1S/C12H20O/c1-12(5-6-13)8-10-3-2-4-11(7-10)9-12/h8,11,13H,2-7,9H2,1H3. The van der Waals surface area contributed by atoms with Crippen LogP contribution in [0.15, 0.2) is 11.6 Å². The summed E-state index contributed by atoms with van der Waals surface area (Å²) >= 11 is 0. The van der Waals surface area contributed by atoms with Gasteiger partial charge in [0.2, 0.25) is 0 Å². The van der Waals surface area contributed by atoms with Crippen LogP contribution >= 0.6 is 0 Å². The Morgan fingerprint density at radius 1 is 1.62 bits per heavy atom. The fourth-order valence-corrected chi connectivity index (χ4v) is 3.14. The lowest BCUT2D eigenvalue weighted by Gasteiger charge is -2.39. The highest BCUT2D eigenvalue weighted by Crippen LogP contribution is 2.45. The summed E-state index contributed by atoms with van der Waals surface area (Å²) in [6, 6.07) is 0. The second kappa shape index (κ2) is 3.45. The Balaban J connectivity index is 2.14. The van der Waals surface area contributed by atoms with Gasteiger partial charge in [-0.15, -0.1) is 0 Å². The molecule has 0 spiro atoms. The van der Waals surface area contributed by atoms with Crippen LogP contribution in [0.25, 0.3) is 0 Å². The Labute approximate surface area is 80.8 Å². The minimum absolute atomic E-state index is 0.313. The zero-order valence-electron chi connectivity index (χ0n) is 8.55. The molecule has 0 aliphatic heterocycles. The zero-order valence-corrected chi connectivity index (χ0v) is 8.55. The minimum atomic E-state index is 0.313. The molecule has 1 nitrogen and oxygen atoms in total. The van der Waals surface area contributed by atoms with Gasteiger partial charge < -0.3 is 5.11 Å². The lowest BCUT2D eigenvalue weighted by molar-refractivity contribution is 0.179. The summed E-state index contributed by atoms with van der Waals surface area (Å²) < 4.78 is 0. The number of aliphatic hydroxyl groups is 1. The number of fused-ring (bicyclic) bond motifs is 2. The van der Waals surface area contributed by atoms with Crippen LogP contribution in [0.2, 0.25) is 0 Å². The van der Waals surface area contributed by atoms with Crippen LogP contribution in [0.4, 0.5) is 0 Å². The summed E-state index contributed by atoms with van der Waals surface area (Å²) in [5.41, 5.74) is 1.98. The number of aliphatic hydroxyl groups excluding tert-OH is 1. The van der Waals surface area contributed by atoms with Gasteiger partial charge in [0.15, 0.2) is 0 Å². The van der Waals surface area contributed by atoms with E-state index in [1.807, 2.05) is 0 Å². The van der Waals surface area contributed by atoms with E-state index >= 15 is 0 Å². The van der Waals surface area contributed by atoms with Crippen molar-refractivity contribution < 1.29 is 5.11 Å². The van der Waals surface area contributed by atoms with Gasteiger partial charge in [0, 0.05) is 6.61 Å². The third-order valence-corrected chi connectivity index (χ3v) is 3.65. The maximum atomic E-state index is 9.02. The summed E-state index contributed by atoms with van der Waals surface area (Å²) in [5, 5.41) is 9.02. The van der Waals surface area contributed by atoms with Gasteiger partial charge in [-0.05, 0) is 49.9 Å². The Morgan fingerprint density at radius 2 is 2.46 bits per heavy atom. The lowest BCUT2D eigenvalue weighted by atomic mass is 9.66. The molecular weight excluding hydrogens is 160 g/mol. The van der Waals surface area contributed by atoms with Crippen molar-refractivity contribution >= 4 is 0 Å². The normalized spacial score (nSPS) is 38.6. The van der Waals surface area contributed by atoms with E-state index in [9.17, 15) is 0 Å². The topological polar surface area (TPSA) is 20.2 Å². The Kier molecular flexibility index (Phi) is 2.46. The largest absolute Gasteiger partial charge is 0.396 e. The van der Waals surface area contributed by atoms with Crippen LogP contribution < -0.4 is 0 Å².